The SMILES string of the molecule is CCC/C=C/C1CCC(c2ccc(-c3ccc(OCCCCC)c(F)c3F)cc2)CC1(F)F. The Morgan fingerprint density at radius 2 is 1.70 bits per heavy atom. The molecular formula is C28H34F4O. The fourth-order valence-corrected chi connectivity index (χ4v) is 4.46. The molecule has 0 aromatic heterocycles. The van der Waals surface area contributed by atoms with Crippen LogP contribution in [0.4, 0.5) is 17.6 Å². The maximum atomic E-state index is 14.7. The molecule has 1 aliphatic carbocycles. The number of hydrogen-bond donors (Lipinski definition) is 0. The Labute approximate surface area is 194 Å². The molecule has 2 atom stereocenters. The van der Waals surface area contributed by atoms with Crippen LogP contribution in [0.15, 0.2) is 48.6 Å². The lowest BCUT2D eigenvalue weighted by Gasteiger charge is -2.35. The Hall–Kier alpha value is -2.30. The summed E-state index contributed by atoms with van der Waals surface area (Å²) in [6, 6.07) is 9.83. The molecule has 2 aromatic rings. The Bertz CT molecular complexity index is 920. The highest BCUT2D eigenvalue weighted by Crippen LogP contribution is 2.46. The molecule has 180 valence electrons. The van der Waals surface area contributed by atoms with Gasteiger partial charge in [-0.15, -0.1) is 0 Å². The molecule has 0 amide bonds. The van der Waals surface area contributed by atoms with E-state index in [1.165, 1.54) is 12.1 Å². The first kappa shape index (κ1) is 25.3. The van der Waals surface area contributed by atoms with Crippen molar-refractivity contribution in [3.63, 3.8) is 0 Å². The maximum absolute atomic E-state index is 14.7. The third-order valence-corrected chi connectivity index (χ3v) is 6.46. The van der Waals surface area contributed by atoms with Gasteiger partial charge >= 0.3 is 0 Å². The molecule has 0 aliphatic heterocycles. The van der Waals surface area contributed by atoms with Crippen molar-refractivity contribution in [1.82, 2.24) is 0 Å². The van der Waals surface area contributed by atoms with E-state index in [-0.39, 0.29) is 23.7 Å². The second kappa shape index (κ2) is 11.7. The van der Waals surface area contributed by atoms with Gasteiger partial charge in [0.1, 0.15) is 0 Å². The number of allylic oxidation sites excluding steroid dienone is 2. The first-order chi connectivity index (χ1) is 15.9. The highest BCUT2D eigenvalue weighted by atomic mass is 19.3. The van der Waals surface area contributed by atoms with Crippen LogP contribution in [0.25, 0.3) is 11.1 Å². The number of ether oxygens (including phenoxy) is 1. The molecule has 3 rings (SSSR count). The number of alkyl halides is 2. The van der Waals surface area contributed by atoms with E-state index in [4.69, 9.17) is 4.74 Å². The summed E-state index contributed by atoms with van der Waals surface area (Å²) in [5.74, 6) is -5.74. The summed E-state index contributed by atoms with van der Waals surface area (Å²) in [7, 11) is 0. The Balaban J connectivity index is 1.69. The summed E-state index contributed by atoms with van der Waals surface area (Å²) in [5, 5.41) is 0. The molecule has 1 aliphatic rings. The van der Waals surface area contributed by atoms with Crippen LogP contribution in [0.3, 0.4) is 0 Å². The second-order valence-electron chi connectivity index (χ2n) is 8.98. The smallest absolute Gasteiger partial charge is 0.254 e. The number of rotatable bonds is 10. The molecule has 1 nitrogen and oxygen atoms in total. The van der Waals surface area contributed by atoms with Crippen molar-refractivity contribution < 1.29 is 22.3 Å². The fourth-order valence-electron chi connectivity index (χ4n) is 4.46. The molecule has 1 saturated carbocycles. The zero-order valence-electron chi connectivity index (χ0n) is 19.6. The summed E-state index contributed by atoms with van der Waals surface area (Å²) >= 11 is 0. The van der Waals surface area contributed by atoms with Gasteiger partial charge in [-0.3, -0.25) is 0 Å². The predicted octanol–water partition coefficient (Wildman–Crippen LogP) is 9.08. The van der Waals surface area contributed by atoms with Crippen LogP contribution in [-0.4, -0.2) is 12.5 Å². The third-order valence-electron chi connectivity index (χ3n) is 6.46. The van der Waals surface area contributed by atoms with Gasteiger partial charge in [-0.05, 0) is 54.9 Å². The van der Waals surface area contributed by atoms with E-state index in [1.807, 2.05) is 13.0 Å². The molecule has 33 heavy (non-hydrogen) atoms. The van der Waals surface area contributed by atoms with Gasteiger partial charge in [0.15, 0.2) is 11.6 Å². The van der Waals surface area contributed by atoms with E-state index in [0.717, 1.165) is 37.7 Å². The minimum Gasteiger partial charge on any atom is -0.490 e. The molecule has 0 saturated heterocycles. The fraction of sp³-hybridized carbons (Fsp3) is 0.500. The molecule has 2 aromatic carbocycles. The third kappa shape index (κ3) is 6.39. The zero-order chi connectivity index (χ0) is 23.8. The molecule has 0 N–H and O–H groups in total. The minimum absolute atomic E-state index is 0.0871. The van der Waals surface area contributed by atoms with E-state index >= 15 is 0 Å². The van der Waals surface area contributed by atoms with E-state index < -0.39 is 23.5 Å². The van der Waals surface area contributed by atoms with Crippen LogP contribution in [0.1, 0.15) is 76.7 Å². The highest BCUT2D eigenvalue weighted by molar-refractivity contribution is 5.65. The van der Waals surface area contributed by atoms with Gasteiger partial charge in [0.2, 0.25) is 5.82 Å². The van der Waals surface area contributed by atoms with Crippen LogP contribution < -0.4 is 4.74 Å². The van der Waals surface area contributed by atoms with Gasteiger partial charge in [-0.1, -0.05) is 69.5 Å². The van der Waals surface area contributed by atoms with Crippen molar-refractivity contribution in [3.8, 4) is 16.9 Å². The molecule has 0 bridgehead atoms. The largest absolute Gasteiger partial charge is 0.490 e. The van der Waals surface area contributed by atoms with Crippen molar-refractivity contribution in [2.24, 2.45) is 5.92 Å². The van der Waals surface area contributed by atoms with Crippen molar-refractivity contribution in [2.75, 3.05) is 6.61 Å². The van der Waals surface area contributed by atoms with Gasteiger partial charge in [0.05, 0.1) is 6.61 Å². The number of unbranched alkanes of at least 4 members (excludes halogenated alkanes) is 3. The van der Waals surface area contributed by atoms with E-state index in [1.54, 1.807) is 30.3 Å². The quantitative estimate of drug-likeness (QED) is 0.194. The standard InChI is InChI=1S/C28H34F4O/c1-3-5-7-9-23-15-14-22(19-28(23,31)32)20-10-12-21(13-11-20)24-16-17-25(27(30)26(24)29)33-18-8-6-4-2/h7,9-13,16-17,22-23H,3-6,8,14-15,18-19H2,1-2H3/b9-7+. The molecule has 0 heterocycles. The Morgan fingerprint density at radius 1 is 0.939 bits per heavy atom. The van der Waals surface area contributed by atoms with E-state index in [0.29, 0.717) is 25.0 Å². The van der Waals surface area contributed by atoms with Crippen molar-refractivity contribution in [1.29, 1.82) is 0 Å². The van der Waals surface area contributed by atoms with Crippen LogP contribution in [0.5, 0.6) is 5.75 Å². The summed E-state index contributed by atoms with van der Waals surface area (Å²) in [5.41, 5.74) is 1.46. The number of benzene rings is 2. The maximum Gasteiger partial charge on any atom is 0.254 e. The van der Waals surface area contributed by atoms with Gasteiger partial charge in [-0.2, -0.15) is 4.39 Å². The molecule has 2 unspecified atom stereocenters. The number of halogens is 4. The van der Waals surface area contributed by atoms with Crippen LogP contribution in [0.2, 0.25) is 0 Å². The lowest BCUT2D eigenvalue weighted by atomic mass is 9.76. The van der Waals surface area contributed by atoms with Gasteiger partial charge in [-0.25, -0.2) is 13.2 Å². The normalized spacial score (nSPS) is 20.3. The summed E-state index contributed by atoms with van der Waals surface area (Å²) in [6.45, 7) is 4.43. The Morgan fingerprint density at radius 3 is 2.36 bits per heavy atom. The Kier molecular flexibility index (Phi) is 8.99. The molecule has 0 spiro atoms. The van der Waals surface area contributed by atoms with Crippen molar-refractivity contribution >= 4 is 0 Å². The average molecular weight is 463 g/mol. The lowest BCUT2D eigenvalue weighted by molar-refractivity contribution is -0.0741. The van der Waals surface area contributed by atoms with Crippen molar-refractivity contribution in [2.45, 2.75) is 77.1 Å². The topological polar surface area (TPSA) is 9.23 Å². The molecule has 1 fully saturated rings. The van der Waals surface area contributed by atoms with Crippen LogP contribution in [0, 0.1) is 17.6 Å². The average Bonchev–Trinajstić information content (AvgIpc) is 2.80. The van der Waals surface area contributed by atoms with E-state index in [9.17, 15) is 17.6 Å². The first-order valence-corrected chi connectivity index (χ1v) is 12.1. The zero-order valence-corrected chi connectivity index (χ0v) is 19.6. The van der Waals surface area contributed by atoms with Gasteiger partial charge < -0.3 is 4.74 Å². The minimum atomic E-state index is -2.74. The number of hydrogen-bond acceptors (Lipinski definition) is 1. The summed E-state index contributed by atoms with van der Waals surface area (Å²) in [4.78, 5) is 0. The molecular weight excluding hydrogens is 428 g/mol. The molecule has 5 heteroatoms. The molecule has 0 radical (unpaired) electrons. The second-order valence-corrected chi connectivity index (χ2v) is 8.98. The highest BCUT2D eigenvalue weighted by Gasteiger charge is 2.44. The van der Waals surface area contributed by atoms with Crippen LogP contribution >= 0.6 is 0 Å². The van der Waals surface area contributed by atoms with Gasteiger partial charge in [0, 0.05) is 17.9 Å². The summed E-state index contributed by atoms with van der Waals surface area (Å²) < 4.78 is 63.9. The first-order valence-electron chi connectivity index (χ1n) is 12.1. The van der Waals surface area contributed by atoms with Crippen molar-refractivity contribution in [3.05, 3.63) is 65.7 Å². The van der Waals surface area contributed by atoms with Gasteiger partial charge in [0.25, 0.3) is 5.92 Å². The lowest BCUT2D eigenvalue weighted by Crippen LogP contribution is -2.33. The predicted molar refractivity (Wildman–Crippen MR) is 126 cm³/mol. The summed E-state index contributed by atoms with van der Waals surface area (Å²) in [6.07, 6.45) is 9.02. The monoisotopic (exact) mass is 462 g/mol. The van der Waals surface area contributed by atoms with E-state index in [2.05, 4.69) is 6.92 Å². The van der Waals surface area contributed by atoms with Crippen LogP contribution in [-0.2, 0) is 0 Å².